The lowest BCUT2D eigenvalue weighted by atomic mass is 10.1. The van der Waals surface area contributed by atoms with Gasteiger partial charge in [-0.25, -0.2) is 0 Å². The van der Waals surface area contributed by atoms with Crippen molar-refractivity contribution in [1.29, 1.82) is 0 Å². The van der Waals surface area contributed by atoms with Crippen molar-refractivity contribution in [2.75, 3.05) is 18.9 Å². The molecule has 0 aliphatic carbocycles. The number of ether oxygens (including phenoxy) is 1. The molecule has 0 spiro atoms. The average Bonchev–Trinajstić information content (AvgIpc) is 3.04. The molecule has 1 aliphatic rings. The monoisotopic (exact) mass is 314 g/mol. The summed E-state index contributed by atoms with van der Waals surface area (Å²) in [6.45, 7) is 1.32. The molecule has 1 N–H and O–H groups in total. The van der Waals surface area contributed by atoms with Crippen LogP contribution in [0.15, 0.2) is 47.5 Å². The standard InChI is InChI=1S/C17H18N2O2S/c20-16(19-17-18-10-12-22-17)9-4-11-21-15-8-3-6-13-5-1-2-7-14(13)15/h1-3,5-8H,4,9-12H2,(H,18,19,20). The van der Waals surface area contributed by atoms with Crippen LogP contribution in [0.4, 0.5) is 0 Å². The summed E-state index contributed by atoms with van der Waals surface area (Å²) in [6, 6.07) is 14.1. The van der Waals surface area contributed by atoms with E-state index in [0.29, 0.717) is 19.4 Å². The highest BCUT2D eigenvalue weighted by atomic mass is 32.2. The summed E-state index contributed by atoms with van der Waals surface area (Å²) in [5.41, 5.74) is 0. The minimum absolute atomic E-state index is 0.00895. The van der Waals surface area contributed by atoms with Crippen LogP contribution in [0, 0.1) is 0 Å². The molecular weight excluding hydrogens is 296 g/mol. The van der Waals surface area contributed by atoms with E-state index in [4.69, 9.17) is 4.74 Å². The van der Waals surface area contributed by atoms with Gasteiger partial charge < -0.3 is 10.1 Å². The molecule has 1 amide bonds. The minimum Gasteiger partial charge on any atom is -0.493 e. The Morgan fingerprint density at radius 1 is 1.23 bits per heavy atom. The number of nitrogens with zero attached hydrogens (tertiary/aromatic N) is 1. The molecule has 5 heteroatoms. The third-order valence-electron chi connectivity index (χ3n) is 3.39. The highest BCUT2D eigenvalue weighted by Crippen LogP contribution is 2.25. The van der Waals surface area contributed by atoms with Crippen molar-refractivity contribution >= 4 is 33.6 Å². The predicted molar refractivity (Wildman–Crippen MR) is 91.6 cm³/mol. The van der Waals surface area contributed by atoms with E-state index in [9.17, 15) is 4.79 Å². The van der Waals surface area contributed by atoms with Crippen molar-refractivity contribution in [2.24, 2.45) is 4.99 Å². The number of amides is 1. The predicted octanol–water partition coefficient (Wildman–Crippen LogP) is 3.22. The zero-order chi connectivity index (χ0) is 15.2. The molecule has 0 saturated heterocycles. The summed E-state index contributed by atoms with van der Waals surface area (Å²) >= 11 is 1.59. The Morgan fingerprint density at radius 3 is 2.95 bits per heavy atom. The number of benzene rings is 2. The fourth-order valence-electron chi connectivity index (χ4n) is 2.33. The Hall–Kier alpha value is -2.01. The van der Waals surface area contributed by atoms with Gasteiger partial charge in [-0.05, 0) is 17.9 Å². The van der Waals surface area contributed by atoms with Gasteiger partial charge in [0.15, 0.2) is 5.17 Å². The molecule has 1 aliphatic heterocycles. The normalized spacial score (nSPS) is 13.9. The first-order valence-corrected chi connectivity index (χ1v) is 8.39. The third-order valence-corrected chi connectivity index (χ3v) is 4.28. The molecule has 0 radical (unpaired) electrons. The SMILES string of the molecule is O=C(CCCOc1cccc2ccccc12)NC1=NCCS1. The van der Waals surface area contributed by atoms with Crippen LogP contribution in [-0.4, -0.2) is 30.0 Å². The Kier molecular flexibility index (Phi) is 4.96. The molecule has 0 unspecified atom stereocenters. The van der Waals surface area contributed by atoms with Crippen LogP contribution in [-0.2, 0) is 4.79 Å². The van der Waals surface area contributed by atoms with Crippen LogP contribution in [0.5, 0.6) is 5.75 Å². The van der Waals surface area contributed by atoms with E-state index in [1.54, 1.807) is 11.8 Å². The average molecular weight is 314 g/mol. The number of fused-ring (bicyclic) bond motifs is 1. The number of nitrogens with one attached hydrogen (secondary N) is 1. The molecular formula is C17H18N2O2S. The first-order valence-electron chi connectivity index (χ1n) is 7.40. The van der Waals surface area contributed by atoms with Crippen LogP contribution in [0.1, 0.15) is 12.8 Å². The molecule has 0 saturated carbocycles. The third kappa shape index (κ3) is 3.80. The molecule has 0 aromatic heterocycles. The highest BCUT2D eigenvalue weighted by molar-refractivity contribution is 8.14. The lowest BCUT2D eigenvalue weighted by Crippen LogP contribution is -2.27. The maximum absolute atomic E-state index is 11.8. The molecule has 0 fully saturated rings. The molecule has 0 bridgehead atoms. The van der Waals surface area contributed by atoms with Gasteiger partial charge in [0.2, 0.25) is 5.91 Å². The summed E-state index contributed by atoms with van der Waals surface area (Å²) in [5.74, 6) is 1.84. The summed E-state index contributed by atoms with van der Waals surface area (Å²) in [6.07, 6.45) is 1.14. The Bertz CT molecular complexity index is 695. The van der Waals surface area contributed by atoms with Gasteiger partial charge >= 0.3 is 0 Å². The van der Waals surface area contributed by atoms with Crippen molar-refractivity contribution in [3.63, 3.8) is 0 Å². The number of rotatable bonds is 5. The number of hydrogen-bond donors (Lipinski definition) is 1. The second kappa shape index (κ2) is 7.31. The number of carbonyl (C=O) groups excluding carboxylic acids is 1. The number of aliphatic imine (C=N–C) groups is 1. The maximum atomic E-state index is 11.8. The van der Waals surface area contributed by atoms with Crippen LogP contribution >= 0.6 is 11.8 Å². The molecule has 2 aromatic rings. The van der Waals surface area contributed by atoms with Crippen molar-refractivity contribution < 1.29 is 9.53 Å². The zero-order valence-corrected chi connectivity index (χ0v) is 13.1. The van der Waals surface area contributed by atoms with E-state index in [2.05, 4.69) is 22.4 Å². The van der Waals surface area contributed by atoms with Crippen molar-refractivity contribution in [2.45, 2.75) is 12.8 Å². The lowest BCUT2D eigenvalue weighted by molar-refractivity contribution is -0.119. The van der Waals surface area contributed by atoms with E-state index in [1.807, 2.05) is 30.3 Å². The number of hydrogen-bond acceptors (Lipinski definition) is 4. The number of carbonyl (C=O) groups is 1. The molecule has 4 nitrogen and oxygen atoms in total. The van der Waals surface area contributed by atoms with Crippen molar-refractivity contribution in [1.82, 2.24) is 5.32 Å². The van der Waals surface area contributed by atoms with E-state index in [-0.39, 0.29) is 5.91 Å². The Balaban J connectivity index is 1.47. The van der Waals surface area contributed by atoms with Gasteiger partial charge in [-0.1, -0.05) is 48.2 Å². The summed E-state index contributed by atoms with van der Waals surface area (Å²) in [4.78, 5) is 16.0. The van der Waals surface area contributed by atoms with Gasteiger partial charge in [0.05, 0.1) is 13.2 Å². The van der Waals surface area contributed by atoms with Crippen LogP contribution in [0.25, 0.3) is 10.8 Å². The van der Waals surface area contributed by atoms with Crippen molar-refractivity contribution in [3.05, 3.63) is 42.5 Å². The van der Waals surface area contributed by atoms with Gasteiger partial charge in [0, 0.05) is 17.6 Å². The lowest BCUT2D eigenvalue weighted by Gasteiger charge is -2.09. The van der Waals surface area contributed by atoms with E-state index in [0.717, 1.165) is 34.0 Å². The Labute approximate surface area is 134 Å². The number of amidine groups is 1. The number of thioether (sulfide) groups is 1. The molecule has 2 aromatic carbocycles. The van der Waals surface area contributed by atoms with Crippen molar-refractivity contribution in [3.8, 4) is 5.75 Å². The molecule has 114 valence electrons. The van der Waals surface area contributed by atoms with Crippen LogP contribution in [0.2, 0.25) is 0 Å². The zero-order valence-electron chi connectivity index (χ0n) is 12.2. The topological polar surface area (TPSA) is 50.7 Å². The first-order chi connectivity index (χ1) is 10.8. The highest BCUT2D eigenvalue weighted by Gasteiger charge is 2.10. The van der Waals surface area contributed by atoms with Crippen LogP contribution < -0.4 is 10.1 Å². The van der Waals surface area contributed by atoms with Gasteiger partial charge in [-0.2, -0.15) is 0 Å². The molecule has 1 heterocycles. The Morgan fingerprint density at radius 2 is 2.09 bits per heavy atom. The molecule has 3 rings (SSSR count). The second-order valence-corrected chi connectivity index (χ2v) is 6.10. The van der Waals surface area contributed by atoms with Crippen LogP contribution in [0.3, 0.4) is 0 Å². The summed E-state index contributed by atoms with van der Waals surface area (Å²) in [7, 11) is 0. The van der Waals surface area contributed by atoms with E-state index in [1.165, 1.54) is 0 Å². The van der Waals surface area contributed by atoms with E-state index < -0.39 is 0 Å². The first kappa shape index (κ1) is 14.9. The fraction of sp³-hybridized carbons (Fsp3) is 0.294. The van der Waals surface area contributed by atoms with Gasteiger partial charge in [0.1, 0.15) is 5.75 Å². The largest absolute Gasteiger partial charge is 0.493 e. The van der Waals surface area contributed by atoms with Gasteiger partial charge in [-0.15, -0.1) is 0 Å². The summed E-state index contributed by atoms with van der Waals surface area (Å²) < 4.78 is 5.82. The molecule has 22 heavy (non-hydrogen) atoms. The van der Waals surface area contributed by atoms with E-state index >= 15 is 0 Å². The smallest absolute Gasteiger partial charge is 0.226 e. The van der Waals surface area contributed by atoms with Gasteiger partial charge in [0.25, 0.3) is 0 Å². The quantitative estimate of drug-likeness (QED) is 0.862. The minimum atomic E-state index is 0.00895. The maximum Gasteiger partial charge on any atom is 0.226 e. The second-order valence-electron chi connectivity index (χ2n) is 5.01. The van der Waals surface area contributed by atoms with Gasteiger partial charge in [-0.3, -0.25) is 9.79 Å². The molecule has 0 atom stereocenters. The summed E-state index contributed by atoms with van der Waals surface area (Å²) in [5, 5.41) is 5.84. The fourth-order valence-corrected chi connectivity index (χ4v) is 3.07.